The van der Waals surface area contributed by atoms with Crippen LogP contribution in [0.5, 0.6) is 0 Å². The molecular formula is C25H23N5O3. The summed E-state index contributed by atoms with van der Waals surface area (Å²) in [6.45, 7) is 0.953. The Hall–Kier alpha value is -4.22. The molecule has 33 heavy (non-hydrogen) atoms. The molecule has 0 atom stereocenters. The number of hydrogen-bond donors (Lipinski definition) is 1. The van der Waals surface area contributed by atoms with Crippen LogP contribution in [0.25, 0.3) is 22.2 Å². The highest BCUT2D eigenvalue weighted by Crippen LogP contribution is 2.27. The zero-order valence-electron chi connectivity index (χ0n) is 18.2. The Labute approximate surface area is 190 Å². The van der Waals surface area contributed by atoms with E-state index in [1.54, 1.807) is 53.0 Å². The van der Waals surface area contributed by atoms with Crippen molar-refractivity contribution >= 4 is 22.6 Å². The minimum absolute atomic E-state index is 0.0532. The molecule has 0 aliphatic heterocycles. The number of hydrogen-bond acceptors (Lipinski definition) is 5. The van der Waals surface area contributed by atoms with Gasteiger partial charge in [-0.15, -0.1) is 0 Å². The molecule has 2 aromatic heterocycles. The second kappa shape index (κ2) is 9.94. The Kier molecular flexibility index (Phi) is 6.62. The maximum absolute atomic E-state index is 13.3. The zero-order chi connectivity index (χ0) is 23.2. The fourth-order valence-corrected chi connectivity index (χ4v) is 3.69. The summed E-state index contributed by atoms with van der Waals surface area (Å²) in [4.78, 5) is 30.7. The summed E-state index contributed by atoms with van der Waals surface area (Å²) in [7, 11) is 1.62. The number of carbonyl (C=O) groups is 1. The number of benzene rings is 2. The van der Waals surface area contributed by atoms with Gasteiger partial charge in [0.05, 0.1) is 18.0 Å². The van der Waals surface area contributed by atoms with Gasteiger partial charge in [-0.05, 0) is 36.2 Å². The molecule has 4 rings (SSSR count). The van der Waals surface area contributed by atoms with Crippen molar-refractivity contribution in [3.05, 3.63) is 83.0 Å². The average Bonchev–Trinajstić information content (AvgIpc) is 3.20. The molecule has 166 valence electrons. The Morgan fingerprint density at radius 1 is 1.12 bits per heavy atom. The number of aryl methyl sites for hydroxylation is 1. The first kappa shape index (κ1) is 22.0. The highest BCUT2D eigenvalue weighted by molar-refractivity contribution is 5.95. The van der Waals surface area contributed by atoms with Crippen molar-refractivity contribution in [1.29, 1.82) is 5.26 Å². The zero-order valence-corrected chi connectivity index (χ0v) is 18.2. The van der Waals surface area contributed by atoms with Gasteiger partial charge in [0.1, 0.15) is 17.6 Å². The number of ether oxygens (including phenoxy) is 1. The molecule has 1 N–H and O–H groups in total. The van der Waals surface area contributed by atoms with Crippen LogP contribution in [0.3, 0.4) is 0 Å². The summed E-state index contributed by atoms with van der Waals surface area (Å²) in [5.41, 5.74) is 3.52. The van der Waals surface area contributed by atoms with Gasteiger partial charge in [-0.3, -0.25) is 14.2 Å². The molecule has 0 radical (unpaired) electrons. The van der Waals surface area contributed by atoms with E-state index in [4.69, 9.17) is 10.00 Å². The molecule has 0 bridgehead atoms. The molecule has 1 amide bonds. The molecule has 0 saturated heterocycles. The van der Waals surface area contributed by atoms with Crippen molar-refractivity contribution in [3.8, 4) is 17.2 Å². The van der Waals surface area contributed by atoms with Crippen LogP contribution in [0.2, 0.25) is 0 Å². The fourth-order valence-electron chi connectivity index (χ4n) is 3.69. The Morgan fingerprint density at radius 3 is 2.58 bits per heavy atom. The van der Waals surface area contributed by atoms with Crippen molar-refractivity contribution < 1.29 is 9.53 Å². The number of nitriles is 1. The van der Waals surface area contributed by atoms with Crippen LogP contribution in [-0.4, -0.2) is 33.7 Å². The normalized spacial score (nSPS) is 10.8. The van der Waals surface area contributed by atoms with Crippen molar-refractivity contribution in [3.63, 3.8) is 0 Å². The standard InChI is InChI=1S/C25H23N5O3/c1-33-13-5-12-29-17-27-23-21(19-6-3-2-4-7-19)15-30(24(23)25(29)32)16-22(31)28-20-10-8-18(14-26)9-11-20/h2-4,6-11,15,17H,5,12-13,16H2,1H3,(H,28,31). The maximum Gasteiger partial charge on any atom is 0.277 e. The lowest BCUT2D eigenvalue weighted by Crippen LogP contribution is -2.25. The lowest BCUT2D eigenvalue weighted by Gasteiger charge is -2.09. The third kappa shape index (κ3) is 4.84. The van der Waals surface area contributed by atoms with Crippen LogP contribution >= 0.6 is 0 Å². The number of amides is 1. The van der Waals surface area contributed by atoms with Gasteiger partial charge >= 0.3 is 0 Å². The highest BCUT2D eigenvalue weighted by atomic mass is 16.5. The molecule has 8 nitrogen and oxygen atoms in total. The minimum Gasteiger partial charge on any atom is -0.385 e. The van der Waals surface area contributed by atoms with E-state index in [9.17, 15) is 9.59 Å². The molecule has 0 saturated carbocycles. The van der Waals surface area contributed by atoms with Crippen LogP contribution in [0.4, 0.5) is 5.69 Å². The van der Waals surface area contributed by atoms with Crippen molar-refractivity contribution in [2.24, 2.45) is 0 Å². The topological polar surface area (TPSA) is 102 Å². The lowest BCUT2D eigenvalue weighted by molar-refractivity contribution is -0.116. The largest absolute Gasteiger partial charge is 0.385 e. The predicted octanol–water partition coefficient (Wildman–Crippen LogP) is 3.41. The average molecular weight is 441 g/mol. The molecule has 4 aromatic rings. The van der Waals surface area contributed by atoms with E-state index in [0.29, 0.717) is 41.9 Å². The first-order valence-corrected chi connectivity index (χ1v) is 10.5. The molecule has 2 heterocycles. The Bertz CT molecular complexity index is 1370. The van der Waals surface area contributed by atoms with E-state index in [-0.39, 0.29) is 18.0 Å². The first-order chi connectivity index (χ1) is 16.1. The minimum atomic E-state index is -0.287. The Morgan fingerprint density at radius 2 is 1.88 bits per heavy atom. The quantitative estimate of drug-likeness (QED) is 0.422. The van der Waals surface area contributed by atoms with Gasteiger partial charge in [0, 0.05) is 37.7 Å². The summed E-state index contributed by atoms with van der Waals surface area (Å²) in [6.07, 6.45) is 4.02. The number of carbonyl (C=O) groups excluding carboxylic acids is 1. The third-order valence-corrected chi connectivity index (χ3v) is 5.29. The lowest BCUT2D eigenvalue weighted by atomic mass is 10.1. The summed E-state index contributed by atoms with van der Waals surface area (Å²) >= 11 is 0. The number of nitrogens with zero attached hydrogens (tertiary/aromatic N) is 4. The number of fused-ring (bicyclic) bond motifs is 1. The van der Waals surface area contributed by atoms with Gasteiger partial charge in [-0.1, -0.05) is 30.3 Å². The van der Waals surface area contributed by atoms with Crippen LogP contribution in [0, 0.1) is 11.3 Å². The van der Waals surface area contributed by atoms with Gasteiger partial charge in [0.2, 0.25) is 5.91 Å². The number of aromatic nitrogens is 3. The van der Waals surface area contributed by atoms with E-state index in [2.05, 4.69) is 10.3 Å². The molecule has 0 aliphatic rings. The fraction of sp³-hybridized carbons (Fsp3) is 0.200. The van der Waals surface area contributed by atoms with Gasteiger partial charge in [-0.2, -0.15) is 5.26 Å². The van der Waals surface area contributed by atoms with Gasteiger partial charge in [0.15, 0.2) is 0 Å². The second-order valence-electron chi connectivity index (χ2n) is 7.56. The molecule has 0 unspecified atom stereocenters. The molecule has 0 spiro atoms. The van der Waals surface area contributed by atoms with Crippen molar-refractivity contribution in [2.75, 3.05) is 19.0 Å². The summed E-state index contributed by atoms with van der Waals surface area (Å²) in [6, 6.07) is 18.3. The predicted molar refractivity (Wildman–Crippen MR) is 126 cm³/mol. The molecular weight excluding hydrogens is 418 g/mol. The number of methoxy groups -OCH3 is 1. The summed E-state index contributed by atoms with van der Waals surface area (Å²) < 4.78 is 8.29. The van der Waals surface area contributed by atoms with E-state index >= 15 is 0 Å². The van der Waals surface area contributed by atoms with Gasteiger partial charge in [-0.25, -0.2) is 4.98 Å². The van der Waals surface area contributed by atoms with Crippen molar-refractivity contribution in [2.45, 2.75) is 19.5 Å². The van der Waals surface area contributed by atoms with Crippen LogP contribution in [0.1, 0.15) is 12.0 Å². The third-order valence-electron chi connectivity index (χ3n) is 5.29. The summed E-state index contributed by atoms with van der Waals surface area (Å²) in [5.74, 6) is -0.287. The van der Waals surface area contributed by atoms with Crippen LogP contribution in [0.15, 0.2) is 71.9 Å². The molecule has 0 fully saturated rings. The highest BCUT2D eigenvalue weighted by Gasteiger charge is 2.18. The smallest absolute Gasteiger partial charge is 0.277 e. The van der Waals surface area contributed by atoms with E-state index in [0.717, 1.165) is 11.1 Å². The SMILES string of the molecule is COCCCn1cnc2c(-c3ccccc3)cn(CC(=O)Nc3ccc(C#N)cc3)c2c1=O. The molecule has 8 heteroatoms. The van der Waals surface area contributed by atoms with E-state index in [1.807, 2.05) is 36.4 Å². The second-order valence-corrected chi connectivity index (χ2v) is 7.56. The van der Waals surface area contributed by atoms with E-state index in [1.165, 1.54) is 0 Å². The number of anilines is 1. The number of nitrogens with one attached hydrogen (secondary N) is 1. The van der Waals surface area contributed by atoms with Gasteiger partial charge < -0.3 is 14.6 Å². The van der Waals surface area contributed by atoms with Crippen molar-refractivity contribution in [1.82, 2.24) is 14.1 Å². The molecule has 0 aliphatic carbocycles. The molecule has 2 aromatic carbocycles. The summed E-state index contributed by atoms with van der Waals surface area (Å²) in [5, 5.41) is 11.7. The maximum atomic E-state index is 13.3. The van der Waals surface area contributed by atoms with E-state index < -0.39 is 0 Å². The van der Waals surface area contributed by atoms with Gasteiger partial charge in [0.25, 0.3) is 5.56 Å². The first-order valence-electron chi connectivity index (χ1n) is 10.5. The Balaban J connectivity index is 1.70. The monoisotopic (exact) mass is 441 g/mol. The van der Waals surface area contributed by atoms with Crippen LogP contribution < -0.4 is 10.9 Å². The van der Waals surface area contributed by atoms with Crippen LogP contribution in [-0.2, 0) is 22.6 Å². The number of rotatable bonds is 8.